The molecular formula is C7H8F3N3. The van der Waals surface area contributed by atoms with Gasteiger partial charge in [-0.05, 0) is 0 Å². The highest BCUT2D eigenvalue weighted by molar-refractivity contribution is 5.08. The Morgan fingerprint density at radius 3 is 2.31 bits per heavy atom. The minimum atomic E-state index is -4.25. The lowest BCUT2D eigenvalue weighted by atomic mass is 10.1. The van der Waals surface area contributed by atoms with E-state index >= 15 is 0 Å². The first-order valence-corrected chi connectivity index (χ1v) is 3.56. The number of nitrogens with two attached hydrogens (primary N) is 1. The number of alkyl halides is 3. The second-order valence-corrected chi connectivity index (χ2v) is 2.60. The van der Waals surface area contributed by atoms with Crippen LogP contribution >= 0.6 is 0 Å². The Labute approximate surface area is 72.8 Å². The molecule has 6 heteroatoms. The fourth-order valence-corrected chi connectivity index (χ4v) is 0.869. The number of rotatable bonds is 2. The summed E-state index contributed by atoms with van der Waals surface area (Å²) in [6, 6.07) is -1.08. The minimum Gasteiger partial charge on any atom is -0.324 e. The van der Waals surface area contributed by atoms with E-state index in [2.05, 4.69) is 9.97 Å². The summed E-state index contributed by atoms with van der Waals surface area (Å²) in [7, 11) is 0. The summed E-state index contributed by atoms with van der Waals surface area (Å²) in [4.78, 5) is 7.15. The first-order chi connectivity index (χ1) is 5.99. The van der Waals surface area contributed by atoms with Gasteiger partial charge in [0.1, 0.15) is 6.33 Å². The molecule has 0 aliphatic rings. The Morgan fingerprint density at radius 2 is 1.85 bits per heavy atom. The smallest absolute Gasteiger partial charge is 0.324 e. The van der Waals surface area contributed by atoms with Crippen LogP contribution in [-0.2, 0) is 0 Å². The van der Waals surface area contributed by atoms with Crippen molar-refractivity contribution in [1.29, 1.82) is 0 Å². The zero-order valence-corrected chi connectivity index (χ0v) is 6.62. The molecule has 0 aliphatic heterocycles. The van der Waals surface area contributed by atoms with Gasteiger partial charge in [0, 0.05) is 24.0 Å². The lowest BCUT2D eigenvalue weighted by molar-refractivity contribution is -0.138. The molecule has 1 heterocycles. The molecule has 0 fully saturated rings. The highest BCUT2D eigenvalue weighted by Gasteiger charge is 2.30. The van der Waals surface area contributed by atoms with Crippen LogP contribution in [0.15, 0.2) is 18.7 Å². The average molecular weight is 191 g/mol. The third kappa shape index (κ3) is 3.37. The molecule has 0 aliphatic carbocycles. The second kappa shape index (κ2) is 3.69. The fourth-order valence-electron chi connectivity index (χ4n) is 0.869. The third-order valence-corrected chi connectivity index (χ3v) is 1.46. The molecule has 0 unspecified atom stereocenters. The van der Waals surface area contributed by atoms with E-state index < -0.39 is 18.6 Å². The molecule has 0 amide bonds. The van der Waals surface area contributed by atoms with Crippen molar-refractivity contribution in [3.05, 3.63) is 24.3 Å². The number of aromatic nitrogens is 2. The van der Waals surface area contributed by atoms with E-state index in [4.69, 9.17) is 5.73 Å². The van der Waals surface area contributed by atoms with Crippen molar-refractivity contribution in [2.24, 2.45) is 5.73 Å². The number of halogens is 3. The summed E-state index contributed by atoms with van der Waals surface area (Å²) in [6.07, 6.45) is -1.51. The molecule has 0 spiro atoms. The van der Waals surface area contributed by atoms with Crippen LogP contribution in [0.2, 0.25) is 0 Å². The predicted molar refractivity (Wildman–Crippen MR) is 39.6 cm³/mol. The van der Waals surface area contributed by atoms with E-state index in [9.17, 15) is 13.2 Å². The molecule has 1 atom stereocenters. The Kier molecular flexibility index (Phi) is 2.82. The minimum absolute atomic E-state index is 0.292. The van der Waals surface area contributed by atoms with Crippen LogP contribution in [0.25, 0.3) is 0 Å². The van der Waals surface area contributed by atoms with Crippen LogP contribution < -0.4 is 5.73 Å². The molecule has 1 rings (SSSR count). The second-order valence-electron chi connectivity index (χ2n) is 2.60. The van der Waals surface area contributed by atoms with Crippen molar-refractivity contribution in [1.82, 2.24) is 9.97 Å². The summed E-state index contributed by atoms with van der Waals surface area (Å²) in [5.74, 6) is 0. The number of hydrogen-bond acceptors (Lipinski definition) is 3. The standard InChI is InChI=1S/C7H8F3N3/c8-7(9,10)1-6(11)5-2-12-4-13-3-5/h2-4,6H,1,11H2/t6-/m1/s1. The molecule has 0 bridgehead atoms. The van der Waals surface area contributed by atoms with Gasteiger partial charge in [-0.2, -0.15) is 13.2 Å². The van der Waals surface area contributed by atoms with Crippen LogP contribution in [0, 0.1) is 0 Å². The van der Waals surface area contributed by atoms with Crippen LogP contribution in [-0.4, -0.2) is 16.1 Å². The summed E-state index contributed by atoms with van der Waals surface area (Å²) in [5, 5.41) is 0. The van der Waals surface area contributed by atoms with Gasteiger partial charge < -0.3 is 5.73 Å². The van der Waals surface area contributed by atoms with E-state index in [1.165, 1.54) is 18.7 Å². The van der Waals surface area contributed by atoms with Gasteiger partial charge in [0.25, 0.3) is 0 Å². The van der Waals surface area contributed by atoms with Gasteiger partial charge in [0.05, 0.1) is 6.42 Å². The molecular weight excluding hydrogens is 183 g/mol. The Bertz CT molecular complexity index is 259. The zero-order chi connectivity index (χ0) is 9.90. The molecule has 0 saturated heterocycles. The van der Waals surface area contributed by atoms with Crippen LogP contribution in [0.4, 0.5) is 13.2 Å². The Morgan fingerprint density at radius 1 is 1.31 bits per heavy atom. The molecule has 13 heavy (non-hydrogen) atoms. The lowest BCUT2D eigenvalue weighted by Gasteiger charge is -2.12. The maximum absolute atomic E-state index is 11.9. The van der Waals surface area contributed by atoms with Crippen LogP contribution in [0.1, 0.15) is 18.0 Å². The molecule has 2 N–H and O–H groups in total. The van der Waals surface area contributed by atoms with Crippen molar-refractivity contribution >= 4 is 0 Å². The highest BCUT2D eigenvalue weighted by atomic mass is 19.4. The monoisotopic (exact) mass is 191 g/mol. The maximum atomic E-state index is 11.9. The molecule has 0 saturated carbocycles. The van der Waals surface area contributed by atoms with Gasteiger partial charge in [-0.3, -0.25) is 0 Å². The Hall–Kier alpha value is -1.17. The van der Waals surface area contributed by atoms with E-state index in [0.717, 1.165) is 0 Å². The summed E-state index contributed by atoms with van der Waals surface area (Å²) < 4.78 is 35.6. The molecule has 3 nitrogen and oxygen atoms in total. The molecule has 1 aromatic heterocycles. The van der Waals surface area contributed by atoms with Gasteiger partial charge in [0.2, 0.25) is 0 Å². The predicted octanol–water partition coefficient (Wildman–Crippen LogP) is 1.43. The van der Waals surface area contributed by atoms with E-state index in [1.807, 2.05) is 0 Å². The summed E-state index contributed by atoms with van der Waals surface area (Å²) in [6.45, 7) is 0. The lowest BCUT2D eigenvalue weighted by Crippen LogP contribution is -2.20. The van der Waals surface area contributed by atoms with Crippen LogP contribution in [0.5, 0.6) is 0 Å². The van der Waals surface area contributed by atoms with Crippen molar-refractivity contribution in [3.8, 4) is 0 Å². The van der Waals surface area contributed by atoms with Crippen molar-refractivity contribution in [2.75, 3.05) is 0 Å². The first kappa shape index (κ1) is 9.91. The Balaban J connectivity index is 2.64. The molecule has 72 valence electrons. The highest BCUT2D eigenvalue weighted by Crippen LogP contribution is 2.26. The van der Waals surface area contributed by atoms with Gasteiger partial charge >= 0.3 is 6.18 Å². The van der Waals surface area contributed by atoms with Crippen molar-refractivity contribution < 1.29 is 13.2 Å². The normalized spacial score (nSPS) is 14.2. The SMILES string of the molecule is N[C@H](CC(F)(F)F)c1cncnc1. The first-order valence-electron chi connectivity index (χ1n) is 3.56. The van der Waals surface area contributed by atoms with Crippen LogP contribution in [0.3, 0.4) is 0 Å². The third-order valence-electron chi connectivity index (χ3n) is 1.46. The molecule has 0 aromatic carbocycles. The number of hydrogen-bond donors (Lipinski definition) is 1. The van der Waals surface area contributed by atoms with Gasteiger partial charge in [0.15, 0.2) is 0 Å². The summed E-state index contributed by atoms with van der Waals surface area (Å²) in [5.41, 5.74) is 5.57. The molecule has 1 aromatic rings. The van der Waals surface area contributed by atoms with Gasteiger partial charge in [-0.25, -0.2) is 9.97 Å². The topological polar surface area (TPSA) is 51.8 Å². The van der Waals surface area contributed by atoms with Crippen molar-refractivity contribution in [2.45, 2.75) is 18.6 Å². The zero-order valence-electron chi connectivity index (χ0n) is 6.62. The fraction of sp³-hybridized carbons (Fsp3) is 0.429. The maximum Gasteiger partial charge on any atom is 0.390 e. The van der Waals surface area contributed by atoms with Gasteiger partial charge in [-0.1, -0.05) is 0 Å². The van der Waals surface area contributed by atoms with Gasteiger partial charge in [-0.15, -0.1) is 0 Å². The van der Waals surface area contributed by atoms with E-state index in [-0.39, 0.29) is 0 Å². The van der Waals surface area contributed by atoms with Crippen molar-refractivity contribution in [3.63, 3.8) is 0 Å². The van der Waals surface area contributed by atoms with E-state index in [0.29, 0.717) is 5.56 Å². The largest absolute Gasteiger partial charge is 0.390 e. The number of nitrogens with zero attached hydrogens (tertiary/aromatic N) is 2. The molecule has 0 radical (unpaired) electrons. The quantitative estimate of drug-likeness (QED) is 0.769. The average Bonchev–Trinajstić information content (AvgIpc) is 2.03. The summed E-state index contributed by atoms with van der Waals surface area (Å²) >= 11 is 0. The van der Waals surface area contributed by atoms with E-state index in [1.54, 1.807) is 0 Å².